The van der Waals surface area contributed by atoms with Gasteiger partial charge >= 0.3 is 0 Å². The zero-order valence-electron chi connectivity index (χ0n) is 4.75. The number of hydrogen-bond acceptors (Lipinski definition) is 2. The monoisotopic (exact) mass is 190 g/mol. The molecule has 0 aromatic heterocycles. The van der Waals surface area contributed by atoms with Crippen molar-refractivity contribution in [2.24, 2.45) is 0 Å². The number of aliphatic hydroxyl groups is 1. The van der Waals surface area contributed by atoms with E-state index in [1.807, 2.05) is 6.08 Å². The summed E-state index contributed by atoms with van der Waals surface area (Å²) in [5, 5.41) is 9.19. The molecule has 0 aromatic rings. The lowest BCUT2D eigenvalue weighted by molar-refractivity contribution is 0.0685. The van der Waals surface area contributed by atoms with Gasteiger partial charge in [0.05, 0.1) is 12.2 Å². The first-order valence-corrected chi connectivity index (χ1v) is 3.77. The highest BCUT2D eigenvalue weighted by Gasteiger charge is 2.39. The second-order valence-electron chi connectivity index (χ2n) is 2.45. The van der Waals surface area contributed by atoms with Gasteiger partial charge in [-0.1, -0.05) is 15.9 Å². The van der Waals surface area contributed by atoms with Gasteiger partial charge in [-0.15, -0.1) is 0 Å². The largest absolute Gasteiger partial charge is 0.390 e. The van der Waals surface area contributed by atoms with E-state index in [1.54, 1.807) is 0 Å². The smallest absolute Gasteiger partial charge is 0.115 e. The standard InChI is InChI=1S/C6H7BrO2/c7-4-1-3-2-5(8)6(4)9-3/h1,3,5-6,8H,2H2/t3-,5+,6+/m0/s1. The van der Waals surface area contributed by atoms with Crippen LogP contribution >= 0.6 is 15.9 Å². The van der Waals surface area contributed by atoms with Crippen LogP contribution < -0.4 is 0 Å². The van der Waals surface area contributed by atoms with E-state index in [2.05, 4.69) is 15.9 Å². The number of halogens is 1. The van der Waals surface area contributed by atoms with Crippen LogP contribution in [0.1, 0.15) is 6.42 Å². The van der Waals surface area contributed by atoms with Crippen molar-refractivity contribution in [1.29, 1.82) is 0 Å². The molecule has 0 unspecified atom stereocenters. The number of fused-ring (bicyclic) bond motifs is 2. The Morgan fingerprint density at radius 1 is 1.78 bits per heavy atom. The predicted molar refractivity (Wildman–Crippen MR) is 36.3 cm³/mol. The predicted octanol–water partition coefficient (Wildman–Crippen LogP) is 0.797. The van der Waals surface area contributed by atoms with E-state index in [-0.39, 0.29) is 18.3 Å². The molecule has 3 heteroatoms. The Morgan fingerprint density at radius 3 is 2.89 bits per heavy atom. The molecule has 0 aromatic carbocycles. The molecule has 1 saturated heterocycles. The topological polar surface area (TPSA) is 29.5 Å². The molecule has 3 atom stereocenters. The number of ether oxygens (including phenoxy) is 1. The molecule has 2 aliphatic heterocycles. The van der Waals surface area contributed by atoms with Crippen molar-refractivity contribution in [3.8, 4) is 0 Å². The fourth-order valence-electron chi connectivity index (χ4n) is 1.32. The summed E-state index contributed by atoms with van der Waals surface area (Å²) in [6, 6.07) is 0. The van der Waals surface area contributed by atoms with Gasteiger partial charge in [-0.3, -0.25) is 0 Å². The van der Waals surface area contributed by atoms with Gasteiger partial charge in [0, 0.05) is 10.9 Å². The zero-order valence-corrected chi connectivity index (χ0v) is 6.34. The molecule has 0 spiro atoms. The molecular formula is C6H7BrO2. The molecule has 9 heavy (non-hydrogen) atoms. The Labute approximate surface area is 61.6 Å². The van der Waals surface area contributed by atoms with Crippen molar-refractivity contribution in [2.75, 3.05) is 0 Å². The summed E-state index contributed by atoms with van der Waals surface area (Å²) < 4.78 is 6.31. The van der Waals surface area contributed by atoms with E-state index >= 15 is 0 Å². The fourth-order valence-corrected chi connectivity index (χ4v) is 2.03. The van der Waals surface area contributed by atoms with Crippen LogP contribution in [-0.2, 0) is 4.74 Å². The minimum absolute atomic E-state index is 0.0602. The van der Waals surface area contributed by atoms with Crippen molar-refractivity contribution in [3.63, 3.8) is 0 Å². The van der Waals surface area contributed by atoms with E-state index in [4.69, 9.17) is 4.74 Å². The first-order chi connectivity index (χ1) is 4.27. The Balaban J connectivity index is 2.27. The molecule has 1 N–H and O–H groups in total. The van der Waals surface area contributed by atoms with Crippen LogP contribution in [0.4, 0.5) is 0 Å². The van der Waals surface area contributed by atoms with E-state index in [9.17, 15) is 5.11 Å². The molecule has 2 bridgehead atoms. The highest BCUT2D eigenvalue weighted by Crippen LogP contribution is 2.36. The summed E-state index contributed by atoms with van der Waals surface area (Å²) in [5.74, 6) is 0. The first kappa shape index (κ1) is 5.89. The van der Waals surface area contributed by atoms with Crippen LogP contribution in [-0.4, -0.2) is 23.4 Å². The highest BCUT2D eigenvalue weighted by molar-refractivity contribution is 9.11. The molecule has 2 heterocycles. The van der Waals surface area contributed by atoms with Crippen LogP contribution in [0.25, 0.3) is 0 Å². The Morgan fingerprint density at radius 2 is 2.56 bits per heavy atom. The first-order valence-electron chi connectivity index (χ1n) is 2.98. The fraction of sp³-hybridized carbons (Fsp3) is 0.667. The number of rotatable bonds is 0. The summed E-state index contributed by atoms with van der Waals surface area (Å²) in [4.78, 5) is 0. The minimum Gasteiger partial charge on any atom is -0.390 e. The average Bonchev–Trinajstić information content (AvgIpc) is 2.22. The number of aliphatic hydroxyl groups excluding tert-OH is 1. The summed E-state index contributed by atoms with van der Waals surface area (Å²) in [7, 11) is 0. The van der Waals surface area contributed by atoms with Crippen molar-refractivity contribution < 1.29 is 9.84 Å². The van der Waals surface area contributed by atoms with E-state index in [0.717, 1.165) is 10.9 Å². The Kier molecular flexibility index (Phi) is 1.18. The summed E-state index contributed by atoms with van der Waals surface area (Å²) >= 11 is 3.31. The lowest BCUT2D eigenvalue weighted by atomic mass is 10.1. The normalized spacial score (nSPS) is 47.8. The Hall–Kier alpha value is 0.140. The van der Waals surface area contributed by atoms with Crippen molar-refractivity contribution in [2.45, 2.75) is 24.7 Å². The maximum atomic E-state index is 9.19. The van der Waals surface area contributed by atoms with E-state index in [0.29, 0.717) is 0 Å². The highest BCUT2D eigenvalue weighted by atomic mass is 79.9. The molecule has 50 valence electrons. The molecule has 0 radical (unpaired) electrons. The average molecular weight is 191 g/mol. The molecule has 2 nitrogen and oxygen atoms in total. The maximum Gasteiger partial charge on any atom is 0.115 e. The summed E-state index contributed by atoms with van der Waals surface area (Å²) in [6.45, 7) is 0. The van der Waals surface area contributed by atoms with Gasteiger partial charge in [-0.25, -0.2) is 0 Å². The van der Waals surface area contributed by atoms with E-state index in [1.165, 1.54) is 0 Å². The third-order valence-corrected chi connectivity index (χ3v) is 2.48. The van der Waals surface area contributed by atoms with Gasteiger partial charge in [-0.05, 0) is 6.08 Å². The Bertz CT molecular complexity index is 166. The van der Waals surface area contributed by atoms with Crippen LogP contribution in [0.15, 0.2) is 10.6 Å². The van der Waals surface area contributed by atoms with Gasteiger partial charge in [0.25, 0.3) is 0 Å². The lowest BCUT2D eigenvalue weighted by Gasteiger charge is -2.10. The van der Waals surface area contributed by atoms with Gasteiger partial charge in [0.1, 0.15) is 6.10 Å². The third kappa shape index (κ3) is 0.757. The van der Waals surface area contributed by atoms with Crippen molar-refractivity contribution in [3.05, 3.63) is 10.6 Å². The second-order valence-corrected chi connectivity index (χ2v) is 3.37. The lowest BCUT2D eigenvalue weighted by Crippen LogP contribution is -2.20. The van der Waals surface area contributed by atoms with Gasteiger partial charge in [0.2, 0.25) is 0 Å². The molecule has 1 fully saturated rings. The molecular weight excluding hydrogens is 184 g/mol. The SMILES string of the molecule is O[C@@H]1C[C@@H]2C=C(Br)[C@H]1O2. The summed E-state index contributed by atoms with van der Waals surface area (Å²) in [6.07, 6.45) is 2.60. The number of hydrogen-bond donors (Lipinski definition) is 1. The van der Waals surface area contributed by atoms with Crippen LogP contribution in [0.3, 0.4) is 0 Å². The molecule has 2 aliphatic rings. The minimum atomic E-state index is -0.283. The zero-order chi connectivity index (χ0) is 6.43. The third-order valence-electron chi connectivity index (χ3n) is 1.76. The quantitative estimate of drug-likeness (QED) is 0.613. The molecule has 0 aliphatic carbocycles. The van der Waals surface area contributed by atoms with Crippen LogP contribution in [0.5, 0.6) is 0 Å². The maximum absolute atomic E-state index is 9.19. The van der Waals surface area contributed by atoms with Crippen LogP contribution in [0, 0.1) is 0 Å². The van der Waals surface area contributed by atoms with Gasteiger partial charge in [-0.2, -0.15) is 0 Å². The van der Waals surface area contributed by atoms with Gasteiger partial charge in [0.15, 0.2) is 0 Å². The second kappa shape index (κ2) is 1.81. The molecule has 2 rings (SSSR count). The van der Waals surface area contributed by atoms with Crippen molar-refractivity contribution >= 4 is 15.9 Å². The summed E-state index contributed by atoms with van der Waals surface area (Å²) in [5.41, 5.74) is 0. The van der Waals surface area contributed by atoms with Gasteiger partial charge < -0.3 is 9.84 Å². The molecule has 0 saturated carbocycles. The van der Waals surface area contributed by atoms with Crippen LogP contribution in [0.2, 0.25) is 0 Å². The molecule has 0 amide bonds. The van der Waals surface area contributed by atoms with E-state index < -0.39 is 0 Å². The van der Waals surface area contributed by atoms with Crippen molar-refractivity contribution in [1.82, 2.24) is 0 Å².